The van der Waals surface area contributed by atoms with Gasteiger partial charge in [0.25, 0.3) is 5.91 Å². The minimum absolute atomic E-state index is 0.109. The molecule has 2 amide bonds. The number of primary amides is 1. The number of nitrogens with two attached hydrogens (primary N) is 1. The number of nitrogens with zero attached hydrogens (tertiary/aromatic N) is 2. The highest BCUT2D eigenvalue weighted by Gasteiger charge is 2.31. The highest BCUT2D eigenvalue weighted by atomic mass is 35.5. The summed E-state index contributed by atoms with van der Waals surface area (Å²) in [4.78, 5) is 23.6. The average Bonchev–Trinajstić information content (AvgIpc) is 2.97. The normalized spacial score (nSPS) is 15.5. The first-order valence-electron chi connectivity index (χ1n) is 9.73. The Kier molecular flexibility index (Phi) is 6.29. The SMILES string of the molecule is COc1cc([C@H]2SCC(=O)Nc3c2c(C)nn3-c2ccc(Cl)cc2)ccc1OCC(N)=O. The summed E-state index contributed by atoms with van der Waals surface area (Å²) >= 11 is 7.53. The van der Waals surface area contributed by atoms with Gasteiger partial charge in [-0.25, -0.2) is 4.68 Å². The van der Waals surface area contributed by atoms with Crippen LogP contribution in [0.25, 0.3) is 5.69 Å². The Bertz CT molecular complexity index is 1180. The Morgan fingerprint density at radius 3 is 2.72 bits per heavy atom. The Morgan fingerprint density at radius 2 is 2.03 bits per heavy atom. The number of carbonyl (C=O) groups is 2. The largest absolute Gasteiger partial charge is 0.493 e. The number of rotatable bonds is 6. The second-order valence-electron chi connectivity index (χ2n) is 7.14. The Hall–Kier alpha value is -3.17. The molecule has 166 valence electrons. The van der Waals surface area contributed by atoms with Crippen molar-refractivity contribution in [2.45, 2.75) is 12.2 Å². The van der Waals surface area contributed by atoms with E-state index >= 15 is 0 Å². The van der Waals surface area contributed by atoms with Gasteiger partial charge in [0.2, 0.25) is 5.91 Å². The molecule has 3 N–H and O–H groups in total. The van der Waals surface area contributed by atoms with Crippen LogP contribution < -0.4 is 20.5 Å². The molecule has 1 atom stereocenters. The highest BCUT2D eigenvalue weighted by Crippen LogP contribution is 2.45. The van der Waals surface area contributed by atoms with Crippen molar-refractivity contribution in [3.8, 4) is 17.2 Å². The molecule has 1 aliphatic heterocycles. The summed E-state index contributed by atoms with van der Waals surface area (Å²) in [5.41, 5.74) is 8.58. The lowest BCUT2D eigenvalue weighted by atomic mass is 10.0. The van der Waals surface area contributed by atoms with Gasteiger partial charge in [0, 0.05) is 10.6 Å². The molecule has 0 fully saturated rings. The summed E-state index contributed by atoms with van der Waals surface area (Å²) < 4.78 is 12.6. The molecule has 3 aromatic rings. The van der Waals surface area contributed by atoms with Gasteiger partial charge in [0.15, 0.2) is 18.1 Å². The van der Waals surface area contributed by atoms with Crippen molar-refractivity contribution >= 4 is 41.0 Å². The first-order valence-corrected chi connectivity index (χ1v) is 11.2. The van der Waals surface area contributed by atoms with Crippen molar-refractivity contribution in [1.82, 2.24) is 9.78 Å². The van der Waals surface area contributed by atoms with Crippen molar-refractivity contribution in [2.75, 3.05) is 24.8 Å². The number of hydrogen-bond acceptors (Lipinski definition) is 6. The molecule has 0 saturated heterocycles. The number of halogens is 1. The highest BCUT2D eigenvalue weighted by molar-refractivity contribution is 8.00. The molecule has 8 nitrogen and oxygen atoms in total. The Morgan fingerprint density at radius 1 is 1.28 bits per heavy atom. The van der Waals surface area contributed by atoms with E-state index < -0.39 is 5.91 Å². The van der Waals surface area contributed by atoms with E-state index in [-0.39, 0.29) is 23.5 Å². The number of benzene rings is 2. The van der Waals surface area contributed by atoms with Crippen molar-refractivity contribution < 1.29 is 19.1 Å². The third-order valence-corrected chi connectivity index (χ3v) is 6.46. The van der Waals surface area contributed by atoms with Crippen molar-refractivity contribution in [1.29, 1.82) is 0 Å². The molecule has 10 heteroatoms. The van der Waals surface area contributed by atoms with E-state index in [0.717, 1.165) is 22.5 Å². The fourth-order valence-corrected chi connectivity index (χ4v) is 4.84. The van der Waals surface area contributed by atoms with Crippen molar-refractivity contribution in [3.63, 3.8) is 0 Å². The monoisotopic (exact) mass is 472 g/mol. The summed E-state index contributed by atoms with van der Waals surface area (Å²) in [6, 6.07) is 12.7. The van der Waals surface area contributed by atoms with E-state index in [9.17, 15) is 9.59 Å². The molecule has 2 heterocycles. The molecule has 0 unspecified atom stereocenters. The lowest BCUT2D eigenvalue weighted by Crippen LogP contribution is -2.20. The summed E-state index contributed by atoms with van der Waals surface area (Å²) in [6.07, 6.45) is 0. The fraction of sp³-hybridized carbons (Fsp3) is 0.227. The minimum Gasteiger partial charge on any atom is -0.493 e. The summed E-state index contributed by atoms with van der Waals surface area (Å²) in [5, 5.41) is 8.13. The number of hydrogen-bond donors (Lipinski definition) is 2. The number of anilines is 1. The molecule has 0 aliphatic carbocycles. The van der Waals surface area contributed by atoms with Crippen LogP contribution in [-0.4, -0.2) is 41.1 Å². The molecule has 0 saturated carbocycles. The van der Waals surface area contributed by atoms with Gasteiger partial charge in [-0.2, -0.15) is 5.10 Å². The number of carbonyl (C=O) groups excluding carboxylic acids is 2. The summed E-state index contributed by atoms with van der Waals surface area (Å²) in [6.45, 7) is 1.67. The van der Waals surface area contributed by atoms with Crippen molar-refractivity contribution in [2.24, 2.45) is 5.73 Å². The third kappa shape index (κ3) is 4.39. The van der Waals surface area contributed by atoms with Crippen LogP contribution in [0.1, 0.15) is 22.1 Å². The zero-order valence-electron chi connectivity index (χ0n) is 17.4. The molecule has 1 aliphatic rings. The lowest BCUT2D eigenvalue weighted by Gasteiger charge is -2.18. The number of amides is 2. The molecular formula is C22H21ClN4O4S. The topological polar surface area (TPSA) is 108 Å². The van der Waals surface area contributed by atoms with Crippen LogP contribution in [0.2, 0.25) is 5.02 Å². The molecule has 0 spiro atoms. The zero-order valence-corrected chi connectivity index (χ0v) is 19.0. The molecule has 32 heavy (non-hydrogen) atoms. The van der Waals surface area contributed by atoms with E-state index in [1.807, 2.05) is 31.2 Å². The van der Waals surface area contributed by atoms with Gasteiger partial charge in [-0.15, -0.1) is 11.8 Å². The van der Waals surface area contributed by atoms with Gasteiger partial charge in [0.05, 0.1) is 29.5 Å². The van der Waals surface area contributed by atoms with Gasteiger partial charge in [-0.3, -0.25) is 9.59 Å². The van der Waals surface area contributed by atoms with Crippen LogP contribution in [0, 0.1) is 6.92 Å². The van der Waals surface area contributed by atoms with Crippen LogP contribution in [0.3, 0.4) is 0 Å². The van der Waals surface area contributed by atoms with E-state index in [0.29, 0.717) is 22.3 Å². The van der Waals surface area contributed by atoms with Gasteiger partial charge >= 0.3 is 0 Å². The smallest absolute Gasteiger partial charge is 0.255 e. The van der Waals surface area contributed by atoms with Crippen LogP contribution in [0.4, 0.5) is 5.82 Å². The Balaban J connectivity index is 1.78. The molecule has 2 aromatic carbocycles. The van der Waals surface area contributed by atoms with Gasteiger partial charge in [-0.05, 0) is 48.9 Å². The summed E-state index contributed by atoms with van der Waals surface area (Å²) in [7, 11) is 1.52. The number of aromatic nitrogens is 2. The number of ether oxygens (including phenoxy) is 2. The quantitative estimate of drug-likeness (QED) is 0.568. The van der Waals surface area contributed by atoms with Crippen LogP contribution in [-0.2, 0) is 9.59 Å². The molecule has 1 aromatic heterocycles. The van der Waals surface area contributed by atoms with Crippen LogP contribution in [0.15, 0.2) is 42.5 Å². The molecule has 0 radical (unpaired) electrons. The standard InChI is InChI=1S/C22H21ClN4O4S/c1-12-20-21(13-3-8-16(17(9-13)30-2)31-10-18(24)28)32-11-19(29)25-22(20)27(26-12)15-6-4-14(23)5-7-15/h3-9,21H,10-11H2,1-2H3,(H2,24,28)(H,25,29)/t21-/m1/s1. The maximum Gasteiger partial charge on any atom is 0.255 e. The summed E-state index contributed by atoms with van der Waals surface area (Å²) in [5.74, 6) is 1.10. The van der Waals surface area contributed by atoms with Crippen LogP contribution in [0.5, 0.6) is 11.5 Å². The maximum absolute atomic E-state index is 12.5. The average molecular weight is 473 g/mol. The van der Waals surface area contributed by atoms with Gasteiger partial charge < -0.3 is 20.5 Å². The molecular weight excluding hydrogens is 452 g/mol. The number of methoxy groups -OCH3 is 1. The first kappa shape index (κ1) is 22.0. The van der Waals surface area contributed by atoms with E-state index in [1.165, 1.54) is 18.9 Å². The second-order valence-corrected chi connectivity index (χ2v) is 8.67. The third-order valence-electron chi connectivity index (χ3n) is 4.94. The molecule has 0 bridgehead atoms. The maximum atomic E-state index is 12.5. The first-order chi connectivity index (χ1) is 15.4. The van der Waals surface area contributed by atoms with E-state index in [1.54, 1.807) is 22.9 Å². The lowest BCUT2D eigenvalue weighted by molar-refractivity contribution is -0.120. The van der Waals surface area contributed by atoms with Gasteiger partial charge in [-0.1, -0.05) is 17.7 Å². The van der Waals surface area contributed by atoms with Crippen LogP contribution >= 0.6 is 23.4 Å². The number of fused-ring (bicyclic) bond motifs is 1. The number of nitrogens with one attached hydrogen (secondary N) is 1. The van der Waals surface area contributed by atoms with Crippen molar-refractivity contribution in [3.05, 3.63) is 64.3 Å². The number of thioether (sulfide) groups is 1. The fourth-order valence-electron chi connectivity index (χ4n) is 3.53. The second kappa shape index (κ2) is 9.13. The Labute approximate surface area is 194 Å². The molecule has 4 rings (SSSR count). The predicted octanol–water partition coefficient (Wildman–Crippen LogP) is 3.48. The minimum atomic E-state index is -0.574. The van der Waals surface area contributed by atoms with E-state index in [2.05, 4.69) is 5.32 Å². The number of aryl methyl sites for hydroxylation is 1. The van der Waals surface area contributed by atoms with E-state index in [4.69, 9.17) is 31.9 Å². The van der Waals surface area contributed by atoms with Gasteiger partial charge in [0.1, 0.15) is 5.82 Å². The predicted molar refractivity (Wildman–Crippen MR) is 124 cm³/mol. The zero-order chi connectivity index (χ0) is 22.8.